The molecule has 0 unspecified atom stereocenters. The molecule has 18 heavy (non-hydrogen) atoms. The highest BCUT2D eigenvalue weighted by Crippen LogP contribution is 2.28. The van der Waals surface area contributed by atoms with Crippen LogP contribution in [0.1, 0.15) is 15.2 Å². The molecule has 1 aromatic carbocycles. The lowest BCUT2D eigenvalue weighted by atomic mass is 10.1. The van der Waals surface area contributed by atoms with Crippen LogP contribution >= 0.6 is 43.2 Å². The van der Waals surface area contributed by atoms with Crippen molar-refractivity contribution in [2.45, 2.75) is 0 Å². The van der Waals surface area contributed by atoms with Gasteiger partial charge in [-0.3, -0.25) is 4.79 Å². The smallest absolute Gasteiger partial charge is 0.205 e. The lowest BCUT2D eigenvalue weighted by molar-refractivity contribution is 0.104. The van der Waals surface area contributed by atoms with E-state index in [1.54, 1.807) is 6.20 Å². The first-order valence-electron chi connectivity index (χ1n) is 5.22. The summed E-state index contributed by atoms with van der Waals surface area (Å²) in [5, 5.41) is 0.952. The standard InChI is InChI=1S/C13H7Br2NOS/c14-7-1-2-8-9(6-16-10(8)5-7)13(17)11-3-4-12(15)18-11/h1-6,16H. The monoisotopic (exact) mass is 383 g/mol. The highest BCUT2D eigenvalue weighted by molar-refractivity contribution is 9.11. The quantitative estimate of drug-likeness (QED) is 0.620. The lowest BCUT2D eigenvalue weighted by Crippen LogP contribution is -1.96. The molecule has 1 N–H and O–H groups in total. The summed E-state index contributed by atoms with van der Waals surface area (Å²) >= 11 is 8.24. The van der Waals surface area contributed by atoms with Gasteiger partial charge in [-0.1, -0.05) is 22.0 Å². The summed E-state index contributed by atoms with van der Waals surface area (Å²) in [5.74, 6) is 0.0549. The van der Waals surface area contributed by atoms with Gasteiger partial charge in [-0.15, -0.1) is 11.3 Å². The number of H-pyrrole nitrogens is 1. The molecule has 0 fully saturated rings. The summed E-state index contributed by atoms with van der Waals surface area (Å²) in [6.45, 7) is 0. The van der Waals surface area contributed by atoms with Crippen LogP contribution in [0.2, 0.25) is 0 Å². The van der Waals surface area contributed by atoms with E-state index in [1.807, 2.05) is 30.3 Å². The zero-order valence-electron chi connectivity index (χ0n) is 9.04. The number of carbonyl (C=O) groups is 1. The first kappa shape index (κ1) is 12.1. The van der Waals surface area contributed by atoms with E-state index in [4.69, 9.17) is 0 Å². The molecule has 0 spiro atoms. The maximum Gasteiger partial charge on any atom is 0.205 e. The van der Waals surface area contributed by atoms with Crippen molar-refractivity contribution in [1.29, 1.82) is 0 Å². The third kappa shape index (κ3) is 2.06. The highest BCUT2D eigenvalue weighted by atomic mass is 79.9. The number of thiophene rings is 1. The summed E-state index contributed by atoms with van der Waals surface area (Å²) in [6, 6.07) is 9.59. The number of aromatic amines is 1. The van der Waals surface area contributed by atoms with Crippen molar-refractivity contribution in [3.8, 4) is 0 Å². The fraction of sp³-hybridized carbons (Fsp3) is 0. The topological polar surface area (TPSA) is 32.9 Å². The van der Waals surface area contributed by atoms with E-state index in [2.05, 4.69) is 36.8 Å². The van der Waals surface area contributed by atoms with Crippen molar-refractivity contribution in [3.05, 3.63) is 55.2 Å². The number of benzene rings is 1. The maximum absolute atomic E-state index is 12.4. The molecule has 2 aromatic heterocycles. The normalized spacial score (nSPS) is 11.0. The molecule has 0 aliphatic carbocycles. The van der Waals surface area contributed by atoms with Gasteiger partial charge in [0.05, 0.1) is 8.66 Å². The molecule has 0 bridgehead atoms. The molecule has 90 valence electrons. The highest BCUT2D eigenvalue weighted by Gasteiger charge is 2.15. The first-order chi connectivity index (χ1) is 8.65. The van der Waals surface area contributed by atoms with Crippen LogP contribution in [0.3, 0.4) is 0 Å². The molecule has 0 amide bonds. The Morgan fingerprint density at radius 3 is 2.72 bits per heavy atom. The minimum atomic E-state index is 0.0549. The predicted octanol–water partition coefficient (Wildman–Crippen LogP) is 4.99. The maximum atomic E-state index is 12.4. The molecule has 0 aliphatic heterocycles. The zero-order valence-corrected chi connectivity index (χ0v) is 13.0. The molecule has 0 saturated carbocycles. The van der Waals surface area contributed by atoms with E-state index in [-0.39, 0.29) is 5.78 Å². The average molecular weight is 385 g/mol. The Labute approximate surface area is 124 Å². The first-order valence-corrected chi connectivity index (χ1v) is 7.62. The van der Waals surface area contributed by atoms with E-state index in [0.29, 0.717) is 5.56 Å². The number of fused-ring (bicyclic) bond motifs is 1. The Balaban J connectivity index is 2.12. The van der Waals surface area contributed by atoms with Crippen LogP contribution in [0, 0.1) is 0 Å². The number of aromatic nitrogens is 1. The summed E-state index contributed by atoms with van der Waals surface area (Å²) in [6.07, 6.45) is 1.77. The van der Waals surface area contributed by atoms with Gasteiger partial charge in [0.2, 0.25) is 5.78 Å². The number of halogens is 2. The van der Waals surface area contributed by atoms with Crippen LogP contribution in [0.5, 0.6) is 0 Å². The number of rotatable bonds is 2. The average Bonchev–Trinajstić information content (AvgIpc) is 2.94. The van der Waals surface area contributed by atoms with Gasteiger partial charge in [-0.05, 0) is 40.2 Å². The third-order valence-corrected chi connectivity index (χ3v) is 4.80. The fourth-order valence-corrected chi connectivity index (χ4v) is 3.56. The minimum Gasteiger partial charge on any atom is -0.360 e. The molecule has 3 rings (SSSR count). The number of hydrogen-bond acceptors (Lipinski definition) is 2. The number of carbonyl (C=O) groups excluding carboxylic acids is 1. The summed E-state index contributed by atoms with van der Waals surface area (Å²) in [5.41, 5.74) is 1.68. The zero-order chi connectivity index (χ0) is 12.7. The molecule has 2 nitrogen and oxygen atoms in total. The van der Waals surface area contributed by atoms with E-state index in [0.717, 1.165) is 24.0 Å². The Hall–Kier alpha value is -0.910. The van der Waals surface area contributed by atoms with Crippen molar-refractivity contribution >= 4 is 59.9 Å². The van der Waals surface area contributed by atoms with Crippen molar-refractivity contribution in [2.75, 3.05) is 0 Å². The molecule has 0 atom stereocenters. The molecule has 0 aliphatic rings. The van der Waals surface area contributed by atoms with Gasteiger partial charge in [-0.2, -0.15) is 0 Å². The molecule has 0 radical (unpaired) electrons. The van der Waals surface area contributed by atoms with Crippen LogP contribution in [0.4, 0.5) is 0 Å². The second kappa shape index (κ2) is 4.64. The molecule has 2 heterocycles. The summed E-state index contributed by atoms with van der Waals surface area (Å²) in [4.78, 5) is 16.2. The Morgan fingerprint density at radius 1 is 1.17 bits per heavy atom. The van der Waals surface area contributed by atoms with Gasteiger partial charge >= 0.3 is 0 Å². The predicted molar refractivity (Wildman–Crippen MR) is 81.5 cm³/mol. The van der Waals surface area contributed by atoms with Crippen LogP contribution in [-0.4, -0.2) is 10.8 Å². The second-order valence-electron chi connectivity index (χ2n) is 3.83. The molecule has 5 heteroatoms. The number of nitrogens with one attached hydrogen (secondary N) is 1. The van der Waals surface area contributed by atoms with E-state index in [9.17, 15) is 4.79 Å². The summed E-state index contributed by atoms with van der Waals surface area (Å²) in [7, 11) is 0. The largest absolute Gasteiger partial charge is 0.360 e. The molecular formula is C13H7Br2NOS. The van der Waals surface area contributed by atoms with Crippen LogP contribution in [0.15, 0.2) is 44.8 Å². The van der Waals surface area contributed by atoms with Gasteiger partial charge in [0.1, 0.15) is 0 Å². The van der Waals surface area contributed by atoms with Gasteiger partial charge in [0.15, 0.2) is 0 Å². The van der Waals surface area contributed by atoms with Gasteiger partial charge < -0.3 is 4.98 Å². The third-order valence-electron chi connectivity index (χ3n) is 2.69. The van der Waals surface area contributed by atoms with E-state index in [1.165, 1.54) is 11.3 Å². The number of hydrogen-bond donors (Lipinski definition) is 1. The Morgan fingerprint density at radius 2 is 2.00 bits per heavy atom. The lowest BCUT2D eigenvalue weighted by Gasteiger charge is -1.96. The van der Waals surface area contributed by atoms with E-state index >= 15 is 0 Å². The van der Waals surface area contributed by atoms with Gasteiger partial charge in [-0.25, -0.2) is 0 Å². The molecular weight excluding hydrogens is 378 g/mol. The Kier molecular flexibility index (Phi) is 3.13. The van der Waals surface area contributed by atoms with Crippen molar-refractivity contribution in [2.24, 2.45) is 0 Å². The minimum absolute atomic E-state index is 0.0549. The van der Waals surface area contributed by atoms with Crippen LogP contribution in [0.25, 0.3) is 10.9 Å². The molecule has 3 aromatic rings. The van der Waals surface area contributed by atoms with Crippen LogP contribution in [-0.2, 0) is 0 Å². The SMILES string of the molecule is O=C(c1ccc(Br)s1)c1c[nH]c2cc(Br)ccc12. The molecule has 0 saturated heterocycles. The second-order valence-corrected chi connectivity index (χ2v) is 7.20. The number of ketones is 1. The van der Waals surface area contributed by atoms with Crippen molar-refractivity contribution < 1.29 is 4.79 Å². The van der Waals surface area contributed by atoms with Crippen molar-refractivity contribution in [1.82, 2.24) is 4.98 Å². The fourth-order valence-electron chi connectivity index (χ4n) is 1.86. The van der Waals surface area contributed by atoms with Gasteiger partial charge in [0.25, 0.3) is 0 Å². The van der Waals surface area contributed by atoms with Gasteiger partial charge in [0, 0.05) is 27.1 Å². The van der Waals surface area contributed by atoms with Crippen molar-refractivity contribution in [3.63, 3.8) is 0 Å². The summed E-state index contributed by atoms with van der Waals surface area (Å²) < 4.78 is 1.96. The Bertz CT molecular complexity index is 744. The van der Waals surface area contributed by atoms with Crippen LogP contribution < -0.4 is 0 Å². The van der Waals surface area contributed by atoms with E-state index < -0.39 is 0 Å².